The first-order valence-corrected chi connectivity index (χ1v) is 9.14. The number of benzene rings is 3. The normalized spacial score (nSPS) is 11.4. The van der Waals surface area contributed by atoms with Crippen molar-refractivity contribution in [2.45, 2.75) is 20.5 Å². The van der Waals surface area contributed by atoms with Gasteiger partial charge in [0.05, 0.1) is 18.0 Å². The van der Waals surface area contributed by atoms with E-state index in [9.17, 15) is 0 Å². The smallest absolute Gasteiger partial charge is 0.159 e. The summed E-state index contributed by atoms with van der Waals surface area (Å²) < 4.78 is 0. The Morgan fingerprint density at radius 2 is 1.71 bits per heavy atom. The Bertz CT molecular complexity index is 938. The molecule has 28 heavy (non-hydrogen) atoms. The fourth-order valence-electron chi connectivity index (χ4n) is 2.79. The number of nitrogens with zero attached hydrogens (tertiary/aromatic N) is 2. The SMILES string of the molecule is Cc1ccc(CON(C)/C(=N\c2ccc(NO)cc2C)c2ccccc2)cc1. The van der Waals surface area contributed by atoms with E-state index >= 15 is 0 Å². The van der Waals surface area contributed by atoms with E-state index in [-0.39, 0.29) is 0 Å². The molecule has 0 amide bonds. The number of hydrogen-bond acceptors (Lipinski definition) is 4. The highest BCUT2D eigenvalue weighted by Crippen LogP contribution is 2.24. The van der Waals surface area contributed by atoms with Gasteiger partial charge in [-0.25, -0.2) is 10.1 Å². The third-order valence-electron chi connectivity index (χ3n) is 4.43. The summed E-state index contributed by atoms with van der Waals surface area (Å²) in [5, 5.41) is 10.8. The predicted molar refractivity (Wildman–Crippen MR) is 113 cm³/mol. The summed E-state index contributed by atoms with van der Waals surface area (Å²) in [7, 11) is 1.86. The number of nitrogens with one attached hydrogen (secondary N) is 1. The van der Waals surface area contributed by atoms with Crippen LogP contribution < -0.4 is 5.48 Å². The third kappa shape index (κ3) is 4.97. The van der Waals surface area contributed by atoms with Gasteiger partial charge in [-0.15, -0.1) is 0 Å². The lowest BCUT2D eigenvalue weighted by atomic mass is 10.1. The Hall–Kier alpha value is -3.15. The van der Waals surface area contributed by atoms with Crippen molar-refractivity contribution in [2.75, 3.05) is 12.5 Å². The van der Waals surface area contributed by atoms with Crippen LogP contribution in [0.25, 0.3) is 0 Å². The van der Waals surface area contributed by atoms with Crippen LogP contribution in [0.15, 0.2) is 77.8 Å². The Kier molecular flexibility index (Phi) is 6.42. The number of hydrogen-bond donors (Lipinski definition) is 2. The molecule has 5 nitrogen and oxygen atoms in total. The molecule has 0 aliphatic heterocycles. The number of anilines is 1. The van der Waals surface area contributed by atoms with Crippen molar-refractivity contribution >= 4 is 17.2 Å². The van der Waals surface area contributed by atoms with Crippen LogP contribution in [0.4, 0.5) is 11.4 Å². The second-order valence-corrected chi connectivity index (χ2v) is 6.67. The fourth-order valence-corrected chi connectivity index (χ4v) is 2.79. The highest BCUT2D eigenvalue weighted by atomic mass is 16.7. The Balaban J connectivity index is 1.87. The van der Waals surface area contributed by atoms with Gasteiger partial charge in [-0.2, -0.15) is 0 Å². The van der Waals surface area contributed by atoms with Gasteiger partial charge < -0.3 is 0 Å². The molecule has 0 aromatic heterocycles. The summed E-state index contributed by atoms with van der Waals surface area (Å²) in [4.78, 5) is 10.8. The van der Waals surface area contributed by atoms with Crippen molar-refractivity contribution < 1.29 is 10.0 Å². The van der Waals surface area contributed by atoms with Gasteiger partial charge in [0, 0.05) is 12.6 Å². The number of rotatable bonds is 6. The molecular formula is C23H25N3O2. The summed E-state index contributed by atoms with van der Waals surface area (Å²) in [6, 6.07) is 23.7. The van der Waals surface area contributed by atoms with Crippen LogP contribution >= 0.6 is 0 Å². The quantitative estimate of drug-likeness (QED) is 0.351. The molecule has 0 unspecified atom stereocenters. The summed E-state index contributed by atoms with van der Waals surface area (Å²) in [6.45, 7) is 4.47. The third-order valence-corrected chi connectivity index (χ3v) is 4.43. The van der Waals surface area contributed by atoms with Crippen molar-refractivity contribution in [3.63, 3.8) is 0 Å². The van der Waals surface area contributed by atoms with E-state index in [2.05, 4.69) is 36.7 Å². The molecule has 3 aromatic carbocycles. The minimum atomic E-state index is 0.453. The van der Waals surface area contributed by atoms with E-state index in [1.165, 1.54) is 5.56 Å². The molecule has 0 aliphatic rings. The van der Waals surface area contributed by atoms with Gasteiger partial charge >= 0.3 is 0 Å². The number of aryl methyl sites for hydroxylation is 2. The molecule has 5 heteroatoms. The van der Waals surface area contributed by atoms with Crippen molar-refractivity contribution in [1.29, 1.82) is 0 Å². The Morgan fingerprint density at radius 1 is 1.00 bits per heavy atom. The van der Waals surface area contributed by atoms with E-state index in [1.54, 1.807) is 11.1 Å². The molecule has 0 atom stereocenters. The zero-order chi connectivity index (χ0) is 19.9. The maximum Gasteiger partial charge on any atom is 0.159 e. The molecule has 0 heterocycles. The first kappa shape index (κ1) is 19.6. The average molecular weight is 375 g/mol. The molecule has 144 valence electrons. The lowest BCUT2D eigenvalue weighted by molar-refractivity contribution is -0.0909. The van der Waals surface area contributed by atoms with Crippen LogP contribution in [0.2, 0.25) is 0 Å². The molecule has 0 aliphatic carbocycles. The summed E-state index contributed by atoms with van der Waals surface area (Å²) in [5.74, 6) is 0.709. The lowest BCUT2D eigenvalue weighted by Crippen LogP contribution is -2.27. The molecular weight excluding hydrogens is 350 g/mol. The van der Waals surface area contributed by atoms with Gasteiger partial charge in [-0.3, -0.25) is 15.5 Å². The van der Waals surface area contributed by atoms with Crippen molar-refractivity contribution in [3.8, 4) is 0 Å². The van der Waals surface area contributed by atoms with Gasteiger partial charge in [-0.05, 0) is 43.2 Å². The second-order valence-electron chi connectivity index (χ2n) is 6.67. The predicted octanol–water partition coefficient (Wildman–Crippen LogP) is 5.25. The number of aliphatic imine (C=N–C) groups is 1. The van der Waals surface area contributed by atoms with Crippen LogP contribution in [0, 0.1) is 13.8 Å². The van der Waals surface area contributed by atoms with E-state index in [4.69, 9.17) is 15.0 Å². The molecule has 0 saturated heterocycles. The Labute approximate surface area is 165 Å². The molecule has 2 N–H and O–H groups in total. The van der Waals surface area contributed by atoms with Crippen molar-refractivity contribution in [3.05, 3.63) is 95.1 Å². The van der Waals surface area contributed by atoms with Gasteiger partial charge in [0.1, 0.15) is 0 Å². The van der Waals surface area contributed by atoms with Crippen molar-refractivity contribution in [1.82, 2.24) is 5.06 Å². The van der Waals surface area contributed by atoms with Crippen LogP contribution in [-0.4, -0.2) is 23.2 Å². The summed E-state index contributed by atoms with van der Waals surface area (Å²) in [6.07, 6.45) is 0. The molecule has 0 radical (unpaired) electrons. The second kappa shape index (κ2) is 9.17. The summed E-state index contributed by atoms with van der Waals surface area (Å²) in [5.41, 5.74) is 7.82. The monoisotopic (exact) mass is 375 g/mol. The number of amidine groups is 1. The lowest BCUT2D eigenvalue weighted by Gasteiger charge is -2.21. The standard InChI is InChI=1S/C23H25N3O2/c1-17-9-11-19(12-10-17)16-28-26(3)23(20-7-5-4-6-8-20)24-22-14-13-21(25-27)15-18(22)2/h4-15,25,27H,16H2,1-3H3/b24-23-. The molecule has 0 saturated carbocycles. The first-order chi connectivity index (χ1) is 13.6. The molecule has 0 fully saturated rings. The van der Waals surface area contributed by atoms with E-state index in [0.717, 1.165) is 22.4 Å². The molecule has 3 rings (SSSR count). The van der Waals surface area contributed by atoms with E-state index < -0.39 is 0 Å². The van der Waals surface area contributed by atoms with Gasteiger partial charge in [0.2, 0.25) is 0 Å². The zero-order valence-corrected chi connectivity index (χ0v) is 16.4. The first-order valence-electron chi connectivity index (χ1n) is 9.14. The van der Waals surface area contributed by atoms with Crippen LogP contribution in [0.1, 0.15) is 22.3 Å². The van der Waals surface area contributed by atoms with Crippen LogP contribution in [0.3, 0.4) is 0 Å². The fraction of sp³-hybridized carbons (Fsp3) is 0.174. The minimum Gasteiger partial charge on any atom is -0.291 e. The maximum atomic E-state index is 9.08. The minimum absolute atomic E-state index is 0.453. The van der Waals surface area contributed by atoms with Crippen molar-refractivity contribution in [2.24, 2.45) is 4.99 Å². The largest absolute Gasteiger partial charge is 0.291 e. The van der Waals surface area contributed by atoms with E-state index in [0.29, 0.717) is 18.1 Å². The van der Waals surface area contributed by atoms with Crippen LogP contribution in [-0.2, 0) is 11.4 Å². The Morgan fingerprint density at radius 3 is 2.36 bits per heavy atom. The van der Waals surface area contributed by atoms with Crippen LogP contribution in [0.5, 0.6) is 0 Å². The highest BCUT2D eigenvalue weighted by Gasteiger charge is 2.12. The van der Waals surface area contributed by atoms with Gasteiger partial charge in [0.15, 0.2) is 5.84 Å². The highest BCUT2D eigenvalue weighted by molar-refractivity contribution is 5.99. The maximum absolute atomic E-state index is 9.08. The summed E-state index contributed by atoms with van der Waals surface area (Å²) >= 11 is 0. The van der Waals surface area contributed by atoms with E-state index in [1.807, 2.05) is 56.4 Å². The van der Waals surface area contributed by atoms with Gasteiger partial charge in [-0.1, -0.05) is 60.2 Å². The molecule has 3 aromatic rings. The van der Waals surface area contributed by atoms with Gasteiger partial charge in [0.25, 0.3) is 0 Å². The molecule has 0 bridgehead atoms. The average Bonchev–Trinajstić information content (AvgIpc) is 2.72. The zero-order valence-electron chi connectivity index (χ0n) is 16.4. The topological polar surface area (TPSA) is 57.1 Å². The molecule has 0 spiro atoms. The number of hydroxylamine groups is 2.